The number of nitrogens with zero attached hydrogens (tertiary/aromatic N) is 1. The Morgan fingerprint density at radius 3 is 2.74 bits per heavy atom. The molecule has 102 valence electrons. The van der Waals surface area contributed by atoms with E-state index in [0.717, 1.165) is 5.56 Å². The molecule has 0 saturated carbocycles. The van der Waals surface area contributed by atoms with Crippen LogP contribution in [0.3, 0.4) is 0 Å². The first-order chi connectivity index (χ1) is 9.15. The molecule has 3 rings (SSSR count). The summed E-state index contributed by atoms with van der Waals surface area (Å²) in [6.45, 7) is 4.17. The van der Waals surface area contributed by atoms with Crippen molar-refractivity contribution in [3.05, 3.63) is 35.5 Å². The van der Waals surface area contributed by atoms with Crippen molar-refractivity contribution in [3.63, 3.8) is 0 Å². The number of aliphatic hydroxyl groups is 1. The van der Waals surface area contributed by atoms with E-state index in [1.54, 1.807) is 0 Å². The maximum atomic E-state index is 9.74. The van der Waals surface area contributed by atoms with Crippen molar-refractivity contribution in [3.8, 4) is 0 Å². The van der Waals surface area contributed by atoms with Gasteiger partial charge in [-0.3, -0.25) is 0 Å². The molecule has 1 aliphatic rings. The molecule has 3 nitrogen and oxygen atoms in total. The third kappa shape index (κ3) is 2.40. The van der Waals surface area contributed by atoms with Crippen LogP contribution in [0.2, 0.25) is 0 Å². The van der Waals surface area contributed by atoms with Crippen molar-refractivity contribution in [1.29, 1.82) is 0 Å². The average Bonchev–Trinajstić information content (AvgIpc) is 2.82. The van der Waals surface area contributed by atoms with E-state index in [1.807, 2.05) is 13.0 Å². The lowest BCUT2D eigenvalue weighted by atomic mass is 9.89. The van der Waals surface area contributed by atoms with E-state index in [-0.39, 0.29) is 0 Å². The maximum Gasteiger partial charge on any atom is 0.0762 e. The molecule has 1 fully saturated rings. The quantitative estimate of drug-likeness (QED) is 0.869. The summed E-state index contributed by atoms with van der Waals surface area (Å²) in [5.74, 6) is 0.647. The molecule has 1 unspecified atom stereocenters. The fraction of sp³-hybridized carbons (Fsp3) is 0.500. The summed E-state index contributed by atoms with van der Waals surface area (Å²) in [5.41, 5.74) is 3.60. The number of benzene rings is 1. The van der Waals surface area contributed by atoms with E-state index >= 15 is 0 Å². The first-order valence-corrected chi connectivity index (χ1v) is 7.12. The summed E-state index contributed by atoms with van der Waals surface area (Å²) in [4.78, 5) is 5.76. The highest BCUT2D eigenvalue weighted by molar-refractivity contribution is 5.84. The van der Waals surface area contributed by atoms with Crippen LogP contribution in [0.5, 0.6) is 0 Å². The first kappa shape index (κ1) is 12.7. The minimum absolute atomic E-state index is 0.398. The Kier molecular flexibility index (Phi) is 3.33. The molecule has 0 spiro atoms. The maximum absolute atomic E-state index is 9.74. The topological polar surface area (TPSA) is 39.3 Å². The second kappa shape index (κ2) is 4.99. The largest absolute Gasteiger partial charge is 0.389 e. The average molecular weight is 258 g/mol. The summed E-state index contributed by atoms with van der Waals surface area (Å²) in [6, 6.07) is 6.22. The van der Waals surface area contributed by atoms with Gasteiger partial charge in [-0.05, 0) is 69.1 Å². The molecule has 2 heterocycles. The van der Waals surface area contributed by atoms with E-state index in [4.69, 9.17) is 0 Å². The highest BCUT2D eigenvalue weighted by atomic mass is 16.3. The Labute approximate surface area is 114 Å². The molecule has 2 N–H and O–H groups in total. The van der Waals surface area contributed by atoms with E-state index in [1.165, 1.54) is 42.4 Å². The number of hydrogen-bond donors (Lipinski definition) is 2. The molecule has 19 heavy (non-hydrogen) atoms. The number of aromatic nitrogens is 1. The van der Waals surface area contributed by atoms with Crippen LogP contribution in [0.15, 0.2) is 24.4 Å². The standard InChI is InChI=1S/C16H22N2O/c1-11(19)13-3-4-16-14(9-13)15(10-17-16)12-5-7-18(2)8-6-12/h3-4,9-12,17,19H,5-8H2,1-2H3. The zero-order valence-corrected chi connectivity index (χ0v) is 11.7. The van der Waals surface area contributed by atoms with E-state index < -0.39 is 6.10 Å². The third-order valence-electron chi connectivity index (χ3n) is 4.38. The minimum Gasteiger partial charge on any atom is -0.389 e. The van der Waals surface area contributed by atoms with Crippen LogP contribution >= 0.6 is 0 Å². The molecule has 3 heteroatoms. The van der Waals surface area contributed by atoms with Crippen molar-refractivity contribution < 1.29 is 5.11 Å². The number of H-pyrrole nitrogens is 1. The Balaban J connectivity index is 1.97. The predicted molar refractivity (Wildman–Crippen MR) is 78.4 cm³/mol. The van der Waals surface area contributed by atoms with Crippen molar-refractivity contribution in [2.24, 2.45) is 0 Å². The lowest BCUT2D eigenvalue weighted by Crippen LogP contribution is -2.29. The molecule has 0 radical (unpaired) electrons. The van der Waals surface area contributed by atoms with Gasteiger partial charge in [0.05, 0.1) is 6.10 Å². The number of rotatable bonds is 2. The van der Waals surface area contributed by atoms with Gasteiger partial charge >= 0.3 is 0 Å². The van der Waals surface area contributed by atoms with Crippen LogP contribution in [0.1, 0.15) is 42.9 Å². The van der Waals surface area contributed by atoms with Gasteiger partial charge < -0.3 is 15.0 Å². The zero-order valence-electron chi connectivity index (χ0n) is 11.7. The molecule has 1 aliphatic heterocycles. The van der Waals surface area contributed by atoms with E-state index in [2.05, 4.69) is 35.3 Å². The first-order valence-electron chi connectivity index (χ1n) is 7.12. The summed E-state index contributed by atoms with van der Waals surface area (Å²) in [5, 5.41) is 11.0. The molecule has 1 atom stereocenters. The second-order valence-electron chi connectivity index (χ2n) is 5.80. The van der Waals surface area contributed by atoms with Crippen LogP contribution in [0, 0.1) is 0 Å². The van der Waals surface area contributed by atoms with E-state index in [0.29, 0.717) is 5.92 Å². The van der Waals surface area contributed by atoms with E-state index in [9.17, 15) is 5.11 Å². The lowest BCUT2D eigenvalue weighted by Gasteiger charge is -2.28. The fourth-order valence-corrected chi connectivity index (χ4v) is 3.08. The number of fused-ring (bicyclic) bond motifs is 1. The SMILES string of the molecule is CC(O)c1ccc2[nH]cc(C3CCN(C)CC3)c2c1. The normalized spacial score (nSPS) is 19.9. The molecule has 1 saturated heterocycles. The fourth-order valence-electron chi connectivity index (χ4n) is 3.08. The van der Waals surface area contributed by atoms with Gasteiger partial charge in [0.25, 0.3) is 0 Å². The molecule has 1 aromatic carbocycles. The number of aliphatic hydroxyl groups excluding tert-OH is 1. The Bertz CT molecular complexity index is 565. The Morgan fingerprint density at radius 1 is 1.32 bits per heavy atom. The van der Waals surface area contributed by atoms with Crippen molar-refractivity contribution in [2.45, 2.75) is 31.8 Å². The van der Waals surface area contributed by atoms with Crippen molar-refractivity contribution >= 4 is 10.9 Å². The molecular weight excluding hydrogens is 236 g/mol. The van der Waals surface area contributed by atoms with Crippen molar-refractivity contribution in [2.75, 3.05) is 20.1 Å². The summed E-state index contributed by atoms with van der Waals surface area (Å²) in [7, 11) is 2.19. The molecular formula is C16H22N2O. The Hall–Kier alpha value is -1.32. The van der Waals surface area contributed by atoms with Crippen molar-refractivity contribution in [1.82, 2.24) is 9.88 Å². The monoisotopic (exact) mass is 258 g/mol. The number of piperidine rings is 1. The lowest BCUT2D eigenvalue weighted by molar-refractivity contribution is 0.199. The van der Waals surface area contributed by atoms with Gasteiger partial charge in [0.1, 0.15) is 0 Å². The molecule has 0 aliphatic carbocycles. The van der Waals surface area contributed by atoms with Crippen LogP contribution in [0.25, 0.3) is 10.9 Å². The smallest absolute Gasteiger partial charge is 0.0762 e. The number of aromatic amines is 1. The number of likely N-dealkylation sites (tertiary alicyclic amines) is 1. The highest BCUT2D eigenvalue weighted by Crippen LogP contribution is 2.33. The van der Waals surface area contributed by atoms with Gasteiger partial charge in [0.2, 0.25) is 0 Å². The summed E-state index contributed by atoms with van der Waals surface area (Å²) < 4.78 is 0. The van der Waals surface area contributed by atoms with Gasteiger partial charge in [-0.15, -0.1) is 0 Å². The Morgan fingerprint density at radius 2 is 2.05 bits per heavy atom. The van der Waals surface area contributed by atoms with Crippen LogP contribution in [-0.2, 0) is 0 Å². The molecule has 2 aromatic rings. The minimum atomic E-state index is -0.398. The highest BCUT2D eigenvalue weighted by Gasteiger charge is 2.21. The zero-order chi connectivity index (χ0) is 13.4. The molecule has 0 bridgehead atoms. The third-order valence-corrected chi connectivity index (χ3v) is 4.38. The predicted octanol–water partition coefficient (Wildman–Crippen LogP) is 3.03. The summed E-state index contributed by atoms with van der Waals surface area (Å²) >= 11 is 0. The van der Waals surface area contributed by atoms with Gasteiger partial charge in [-0.1, -0.05) is 6.07 Å². The van der Waals surface area contributed by atoms with Gasteiger partial charge in [0.15, 0.2) is 0 Å². The molecule has 1 aromatic heterocycles. The van der Waals surface area contributed by atoms with Crippen LogP contribution < -0.4 is 0 Å². The van der Waals surface area contributed by atoms with Crippen LogP contribution in [-0.4, -0.2) is 35.1 Å². The summed E-state index contributed by atoms with van der Waals surface area (Å²) in [6.07, 6.45) is 4.21. The second-order valence-corrected chi connectivity index (χ2v) is 5.80. The number of nitrogens with one attached hydrogen (secondary N) is 1. The molecule has 0 amide bonds. The van der Waals surface area contributed by atoms with Gasteiger partial charge in [0, 0.05) is 17.1 Å². The number of hydrogen-bond acceptors (Lipinski definition) is 2. The van der Waals surface area contributed by atoms with Gasteiger partial charge in [-0.25, -0.2) is 0 Å². The van der Waals surface area contributed by atoms with Crippen LogP contribution in [0.4, 0.5) is 0 Å². The van der Waals surface area contributed by atoms with Gasteiger partial charge in [-0.2, -0.15) is 0 Å².